The van der Waals surface area contributed by atoms with E-state index in [2.05, 4.69) is 39.0 Å². The zero-order valence-electron chi connectivity index (χ0n) is 13.0. The lowest BCUT2D eigenvalue weighted by molar-refractivity contribution is 0.00403. The van der Waals surface area contributed by atoms with Crippen molar-refractivity contribution >= 4 is 11.8 Å². The molecular formula is C15H32N2S. The van der Waals surface area contributed by atoms with Crippen molar-refractivity contribution in [3.8, 4) is 0 Å². The maximum absolute atomic E-state index is 6.18. The van der Waals surface area contributed by atoms with E-state index in [4.69, 9.17) is 5.73 Å². The van der Waals surface area contributed by atoms with E-state index in [0.717, 1.165) is 6.54 Å². The molecule has 0 aromatic rings. The van der Waals surface area contributed by atoms with Gasteiger partial charge < -0.3 is 5.73 Å². The van der Waals surface area contributed by atoms with Crippen LogP contribution in [0.5, 0.6) is 0 Å². The monoisotopic (exact) mass is 272 g/mol. The number of hydrogen-bond donors (Lipinski definition) is 1. The molecule has 1 fully saturated rings. The summed E-state index contributed by atoms with van der Waals surface area (Å²) in [7, 11) is 2.29. The molecule has 1 aliphatic carbocycles. The van der Waals surface area contributed by atoms with Crippen LogP contribution in [0.3, 0.4) is 0 Å². The molecule has 2 nitrogen and oxygen atoms in total. The summed E-state index contributed by atoms with van der Waals surface area (Å²) in [5.74, 6) is 1.25. The van der Waals surface area contributed by atoms with Gasteiger partial charge in [0.05, 0.1) is 0 Å². The van der Waals surface area contributed by atoms with Crippen molar-refractivity contribution in [2.24, 2.45) is 11.1 Å². The molecule has 2 N–H and O–H groups in total. The number of rotatable bonds is 6. The highest BCUT2D eigenvalue weighted by atomic mass is 32.2. The quantitative estimate of drug-likeness (QED) is 0.804. The van der Waals surface area contributed by atoms with Crippen LogP contribution in [0.2, 0.25) is 0 Å². The molecule has 0 aliphatic heterocycles. The van der Waals surface area contributed by atoms with Crippen LogP contribution in [0.1, 0.15) is 52.9 Å². The molecule has 2 unspecified atom stereocenters. The molecule has 3 heteroatoms. The molecule has 18 heavy (non-hydrogen) atoms. The molecule has 0 aromatic heterocycles. The Morgan fingerprint density at radius 1 is 1.33 bits per heavy atom. The lowest BCUT2D eigenvalue weighted by Crippen LogP contribution is -2.58. The van der Waals surface area contributed by atoms with Crippen LogP contribution in [0, 0.1) is 5.41 Å². The summed E-state index contributed by atoms with van der Waals surface area (Å²) in [5, 5.41) is 0. The highest BCUT2D eigenvalue weighted by Crippen LogP contribution is 2.43. The first kappa shape index (κ1) is 16.3. The van der Waals surface area contributed by atoms with Crippen LogP contribution in [-0.4, -0.2) is 42.1 Å². The minimum absolute atomic E-state index is 0.236. The summed E-state index contributed by atoms with van der Waals surface area (Å²) >= 11 is 1.94. The second kappa shape index (κ2) is 6.62. The minimum atomic E-state index is 0.236. The zero-order chi connectivity index (χ0) is 13.8. The second-order valence-electron chi connectivity index (χ2n) is 6.86. The molecule has 0 amide bonds. The number of nitrogens with two attached hydrogens (primary N) is 1. The van der Waals surface area contributed by atoms with E-state index in [1.807, 2.05) is 11.8 Å². The van der Waals surface area contributed by atoms with E-state index >= 15 is 0 Å². The van der Waals surface area contributed by atoms with Gasteiger partial charge in [-0.05, 0) is 57.1 Å². The third-order valence-corrected chi connectivity index (χ3v) is 5.48. The van der Waals surface area contributed by atoms with Crippen molar-refractivity contribution < 1.29 is 0 Å². The van der Waals surface area contributed by atoms with Crippen molar-refractivity contribution in [2.75, 3.05) is 25.6 Å². The van der Waals surface area contributed by atoms with Crippen molar-refractivity contribution in [2.45, 2.75) is 64.5 Å². The van der Waals surface area contributed by atoms with Crippen LogP contribution in [0.4, 0.5) is 0 Å². The maximum atomic E-state index is 6.18. The Kier molecular flexibility index (Phi) is 6.01. The summed E-state index contributed by atoms with van der Waals surface area (Å²) in [4.78, 5) is 2.59. The molecule has 0 heterocycles. The van der Waals surface area contributed by atoms with Crippen molar-refractivity contribution in [1.29, 1.82) is 0 Å². The van der Waals surface area contributed by atoms with Crippen molar-refractivity contribution in [3.05, 3.63) is 0 Å². The first-order chi connectivity index (χ1) is 8.37. The van der Waals surface area contributed by atoms with Crippen LogP contribution in [0.25, 0.3) is 0 Å². The Bertz CT molecular complexity index is 255. The normalized spacial score (nSPS) is 29.5. The predicted octanol–water partition coefficient (Wildman–Crippen LogP) is 3.36. The third-order valence-electron chi connectivity index (χ3n) is 4.83. The molecule has 0 spiro atoms. The Morgan fingerprint density at radius 2 is 2.00 bits per heavy atom. The van der Waals surface area contributed by atoms with Gasteiger partial charge in [0.25, 0.3) is 0 Å². The van der Waals surface area contributed by atoms with Gasteiger partial charge in [-0.3, -0.25) is 4.90 Å². The van der Waals surface area contributed by atoms with Gasteiger partial charge in [0.15, 0.2) is 0 Å². The first-order valence-corrected chi connectivity index (χ1v) is 8.68. The summed E-state index contributed by atoms with van der Waals surface area (Å²) in [6.45, 7) is 7.96. The number of likely N-dealkylation sites (N-methyl/N-ethyl adjacent to an activating group) is 1. The van der Waals surface area contributed by atoms with E-state index in [1.165, 1.54) is 37.9 Å². The van der Waals surface area contributed by atoms with Crippen LogP contribution < -0.4 is 5.73 Å². The Labute approximate surface area is 118 Å². The number of thioether (sulfide) groups is 1. The lowest BCUT2D eigenvalue weighted by atomic mass is 9.67. The fourth-order valence-corrected chi connectivity index (χ4v) is 4.11. The van der Waals surface area contributed by atoms with E-state index in [0.29, 0.717) is 11.5 Å². The molecule has 108 valence electrons. The number of nitrogens with zero attached hydrogens (tertiary/aromatic N) is 1. The highest BCUT2D eigenvalue weighted by molar-refractivity contribution is 7.98. The second-order valence-corrected chi connectivity index (χ2v) is 7.85. The summed E-state index contributed by atoms with van der Waals surface area (Å²) in [6.07, 6.45) is 8.64. The van der Waals surface area contributed by atoms with Gasteiger partial charge in [-0.15, -0.1) is 0 Å². The summed E-state index contributed by atoms with van der Waals surface area (Å²) in [5.41, 5.74) is 6.87. The SMILES string of the molecule is CSCCC(C)N(C)C1(CN)CCCC(C)(C)C1. The first-order valence-electron chi connectivity index (χ1n) is 7.29. The predicted molar refractivity (Wildman–Crippen MR) is 84.3 cm³/mol. The highest BCUT2D eigenvalue weighted by Gasteiger charge is 2.42. The van der Waals surface area contributed by atoms with Gasteiger partial charge in [-0.2, -0.15) is 11.8 Å². The van der Waals surface area contributed by atoms with Crippen LogP contribution in [-0.2, 0) is 0 Å². The molecule has 0 aromatic carbocycles. The zero-order valence-corrected chi connectivity index (χ0v) is 13.8. The smallest absolute Gasteiger partial charge is 0.0336 e. The Balaban J connectivity index is 2.73. The molecule has 1 aliphatic rings. The Hall–Kier alpha value is 0.270. The fraction of sp³-hybridized carbons (Fsp3) is 1.00. The molecule has 0 saturated heterocycles. The van der Waals surface area contributed by atoms with Crippen LogP contribution >= 0.6 is 11.8 Å². The molecule has 1 saturated carbocycles. The van der Waals surface area contributed by atoms with E-state index in [9.17, 15) is 0 Å². The van der Waals surface area contributed by atoms with Gasteiger partial charge in [0.1, 0.15) is 0 Å². The fourth-order valence-electron chi connectivity index (χ4n) is 3.53. The van der Waals surface area contributed by atoms with Crippen molar-refractivity contribution in [3.63, 3.8) is 0 Å². The van der Waals surface area contributed by atoms with Gasteiger partial charge >= 0.3 is 0 Å². The molecule has 1 rings (SSSR count). The largest absolute Gasteiger partial charge is 0.329 e. The lowest BCUT2D eigenvalue weighted by Gasteiger charge is -2.51. The molecule has 0 radical (unpaired) electrons. The van der Waals surface area contributed by atoms with Gasteiger partial charge in [-0.25, -0.2) is 0 Å². The van der Waals surface area contributed by atoms with Gasteiger partial charge in [0.2, 0.25) is 0 Å². The maximum Gasteiger partial charge on any atom is 0.0336 e. The molecule has 0 bridgehead atoms. The van der Waals surface area contributed by atoms with E-state index < -0.39 is 0 Å². The summed E-state index contributed by atoms with van der Waals surface area (Å²) < 4.78 is 0. The third kappa shape index (κ3) is 3.88. The molecule has 2 atom stereocenters. The Morgan fingerprint density at radius 3 is 2.50 bits per heavy atom. The average molecular weight is 273 g/mol. The van der Waals surface area contributed by atoms with Gasteiger partial charge in [-0.1, -0.05) is 20.3 Å². The van der Waals surface area contributed by atoms with E-state index in [-0.39, 0.29) is 5.54 Å². The standard InChI is InChI=1S/C15H32N2S/c1-13(7-10-18-5)17(4)15(12-16)9-6-8-14(2,3)11-15/h13H,6-12,16H2,1-5H3. The minimum Gasteiger partial charge on any atom is -0.329 e. The molecular weight excluding hydrogens is 240 g/mol. The number of hydrogen-bond acceptors (Lipinski definition) is 3. The average Bonchev–Trinajstić information content (AvgIpc) is 2.33. The van der Waals surface area contributed by atoms with Crippen molar-refractivity contribution in [1.82, 2.24) is 4.90 Å². The van der Waals surface area contributed by atoms with E-state index in [1.54, 1.807) is 0 Å². The summed E-state index contributed by atoms with van der Waals surface area (Å²) in [6, 6.07) is 0.634. The van der Waals surface area contributed by atoms with Crippen LogP contribution in [0.15, 0.2) is 0 Å². The topological polar surface area (TPSA) is 29.3 Å². The van der Waals surface area contributed by atoms with Gasteiger partial charge in [0, 0.05) is 18.1 Å².